The van der Waals surface area contributed by atoms with Crippen LogP contribution in [-0.4, -0.2) is 50.6 Å². The molecule has 0 saturated carbocycles. The Bertz CT molecular complexity index is 984. The third-order valence-electron chi connectivity index (χ3n) is 5.61. The second kappa shape index (κ2) is 9.90. The minimum atomic E-state index is -0.143. The van der Waals surface area contributed by atoms with E-state index in [0.29, 0.717) is 17.1 Å². The number of nitrogens with one attached hydrogen (secondary N) is 1. The Morgan fingerprint density at radius 1 is 1.10 bits per heavy atom. The summed E-state index contributed by atoms with van der Waals surface area (Å²) in [5.41, 5.74) is 1.74. The molecule has 0 bridgehead atoms. The number of hydrogen-bond acceptors (Lipinski definition) is 5. The smallest absolute Gasteiger partial charge is 0.251 e. The fourth-order valence-electron chi connectivity index (χ4n) is 3.90. The van der Waals surface area contributed by atoms with Gasteiger partial charge in [-0.3, -0.25) is 9.69 Å². The number of amides is 1. The summed E-state index contributed by atoms with van der Waals surface area (Å²) in [4.78, 5) is 17.3. The highest BCUT2D eigenvalue weighted by Crippen LogP contribution is 2.25. The van der Waals surface area contributed by atoms with Gasteiger partial charge in [-0.05, 0) is 54.6 Å². The maximum absolute atomic E-state index is 12.6. The van der Waals surface area contributed by atoms with E-state index in [1.807, 2.05) is 24.3 Å². The molecular formula is C24H26ClN3O3. The van der Waals surface area contributed by atoms with Crippen LogP contribution < -0.4 is 15.0 Å². The number of benzene rings is 2. The monoisotopic (exact) mass is 439 g/mol. The lowest BCUT2D eigenvalue weighted by Crippen LogP contribution is -2.49. The Labute approximate surface area is 187 Å². The first kappa shape index (κ1) is 21.3. The largest absolute Gasteiger partial charge is 0.497 e. The molecule has 0 unspecified atom stereocenters. The van der Waals surface area contributed by atoms with E-state index in [1.165, 1.54) is 5.69 Å². The van der Waals surface area contributed by atoms with Crippen molar-refractivity contribution in [2.75, 3.05) is 44.7 Å². The highest BCUT2D eigenvalue weighted by Gasteiger charge is 2.27. The number of halogens is 1. The molecule has 2 heterocycles. The number of nitrogens with zero attached hydrogens (tertiary/aromatic N) is 2. The lowest BCUT2D eigenvalue weighted by atomic mass is 10.1. The second-order valence-electron chi connectivity index (χ2n) is 7.47. The van der Waals surface area contributed by atoms with Crippen molar-refractivity contribution in [2.24, 2.45) is 0 Å². The summed E-state index contributed by atoms with van der Waals surface area (Å²) in [6.07, 6.45) is 1.68. The van der Waals surface area contributed by atoms with E-state index < -0.39 is 0 Å². The Kier molecular flexibility index (Phi) is 6.79. The van der Waals surface area contributed by atoms with E-state index in [1.54, 1.807) is 37.6 Å². The quantitative estimate of drug-likeness (QED) is 0.596. The van der Waals surface area contributed by atoms with Gasteiger partial charge in [0.1, 0.15) is 11.5 Å². The van der Waals surface area contributed by atoms with E-state index in [9.17, 15) is 4.79 Å². The number of methoxy groups -OCH3 is 1. The zero-order valence-corrected chi connectivity index (χ0v) is 18.2. The molecule has 6 nitrogen and oxygen atoms in total. The molecular weight excluding hydrogens is 414 g/mol. The highest BCUT2D eigenvalue weighted by atomic mass is 35.5. The molecule has 3 aromatic rings. The topological polar surface area (TPSA) is 58.0 Å². The van der Waals surface area contributed by atoms with Crippen LogP contribution in [0.3, 0.4) is 0 Å². The van der Waals surface area contributed by atoms with E-state index >= 15 is 0 Å². The van der Waals surface area contributed by atoms with Gasteiger partial charge in [-0.2, -0.15) is 0 Å². The molecule has 1 N–H and O–H groups in total. The predicted octanol–water partition coefficient (Wildman–Crippen LogP) is 4.23. The molecule has 1 fully saturated rings. The van der Waals surface area contributed by atoms with Crippen LogP contribution in [0.5, 0.6) is 5.75 Å². The third kappa shape index (κ3) is 5.21. The average Bonchev–Trinajstić information content (AvgIpc) is 3.34. The van der Waals surface area contributed by atoms with Crippen molar-refractivity contribution in [2.45, 2.75) is 6.04 Å². The van der Waals surface area contributed by atoms with Crippen LogP contribution in [0, 0.1) is 0 Å². The summed E-state index contributed by atoms with van der Waals surface area (Å²) in [6.45, 7) is 3.98. The van der Waals surface area contributed by atoms with Crippen molar-refractivity contribution in [1.29, 1.82) is 0 Å². The number of anilines is 1. The van der Waals surface area contributed by atoms with Crippen LogP contribution in [0.15, 0.2) is 71.3 Å². The van der Waals surface area contributed by atoms with Crippen molar-refractivity contribution in [3.63, 3.8) is 0 Å². The number of piperazine rings is 1. The average molecular weight is 440 g/mol. The molecule has 0 radical (unpaired) electrons. The van der Waals surface area contributed by atoms with Crippen molar-refractivity contribution >= 4 is 23.2 Å². The van der Waals surface area contributed by atoms with Gasteiger partial charge >= 0.3 is 0 Å². The Morgan fingerprint density at radius 3 is 2.52 bits per heavy atom. The van der Waals surface area contributed by atoms with Crippen LogP contribution in [0.2, 0.25) is 5.02 Å². The Balaban J connectivity index is 1.40. The third-order valence-corrected chi connectivity index (χ3v) is 5.84. The molecule has 162 valence electrons. The molecule has 1 atom stereocenters. The molecule has 1 aliphatic heterocycles. The van der Waals surface area contributed by atoms with Crippen LogP contribution in [0.4, 0.5) is 5.69 Å². The van der Waals surface area contributed by atoms with Gasteiger partial charge in [-0.15, -0.1) is 0 Å². The summed E-state index contributed by atoms with van der Waals surface area (Å²) in [5, 5.41) is 3.59. The molecule has 4 rings (SSSR count). The number of hydrogen-bond donors (Lipinski definition) is 1. The summed E-state index contributed by atoms with van der Waals surface area (Å²) in [5.74, 6) is 1.57. The van der Waals surface area contributed by atoms with Crippen molar-refractivity contribution in [3.8, 4) is 5.75 Å². The molecule has 2 aromatic carbocycles. The lowest BCUT2D eigenvalue weighted by Gasteiger charge is -2.39. The lowest BCUT2D eigenvalue weighted by molar-refractivity contribution is 0.0923. The Hall–Kier alpha value is -2.96. The van der Waals surface area contributed by atoms with E-state index in [0.717, 1.165) is 37.7 Å². The predicted molar refractivity (Wildman–Crippen MR) is 122 cm³/mol. The highest BCUT2D eigenvalue weighted by molar-refractivity contribution is 6.30. The van der Waals surface area contributed by atoms with Crippen LogP contribution in [0.25, 0.3) is 0 Å². The van der Waals surface area contributed by atoms with Gasteiger partial charge in [-0.1, -0.05) is 17.7 Å². The minimum Gasteiger partial charge on any atom is -0.497 e. The summed E-state index contributed by atoms with van der Waals surface area (Å²) in [7, 11) is 1.67. The molecule has 1 saturated heterocycles. The van der Waals surface area contributed by atoms with Crippen LogP contribution >= 0.6 is 11.6 Å². The van der Waals surface area contributed by atoms with Gasteiger partial charge in [0.2, 0.25) is 0 Å². The van der Waals surface area contributed by atoms with Crippen molar-refractivity contribution in [1.82, 2.24) is 10.2 Å². The molecule has 0 spiro atoms. The Morgan fingerprint density at radius 2 is 1.87 bits per heavy atom. The first-order valence-electron chi connectivity index (χ1n) is 10.3. The first-order valence-corrected chi connectivity index (χ1v) is 10.7. The first-order chi connectivity index (χ1) is 15.1. The van der Waals surface area contributed by atoms with Crippen molar-refractivity contribution in [3.05, 3.63) is 83.3 Å². The van der Waals surface area contributed by atoms with Gasteiger partial charge in [0, 0.05) is 49.0 Å². The van der Waals surface area contributed by atoms with Gasteiger partial charge in [0.05, 0.1) is 19.4 Å². The maximum Gasteiger partial charge on any atom is 0.251 e. The SMILES string of the molecule is COc1ccc(N2CCN([C@@H](CNC(=O)c3cccc(Cl)c3)c3ccco3)CC2)cc1. The number of carbonyl (C=O) groups excluding carboxylic acids is 1. The summed E-state index contributed by atoms with van der Waals surface area (Å²) in [6, 6.07) is 18.9. The van der Waals surface area contributed by atoms with Gasteiger partial charge in [-0.25, -0.2) is 0 Å². The standard InChI is InChI=1S/C24H26ClN3O3/c1-30-21-9-7-20(8-10-21)27-11-13-28(14-12-27)22(23-6-3-15-31-23)17-26-24(29)18-4-2-5-19(25)16-18/h2-10,15-16,22H,11-14,17H2,1H3,(H,26,29)/t22-/m0/s1. The van der Waals surface area contributed by atoms with E-state index in [4.69, 9.17) is 20.8 Å². The van der Waals surface area contributed by atoms with Gasteiger partial charge < -0.3 is 19.4 Å². The second-order valence-corrected chi connectivity index (χ2v) is 7.91. The zero-order valence-electron chi connectivity index (χ0n) is 17.5. The number of ether oxygens (including phenoxy) is 1. The van der Waals surface area contributed by atoms with Crippen LogP contribution in [-0.2, 0) is 0 Å². The summed E-state index contributed by atoms with van der Waals surface area (Å²) >= 11 is 6.02. The molecule has 1 aliphatic rings. The molecule has 0 aliphatic carbocycles. The number of rotatable bonds is 7. The molecule has 7 heteroatoms. The summed E-state index contributed by atoms with van der Waals surface area (Å²) < 4.78 is 11.0. The molecule has 1 aromatic heterocycles. The normalized spacial score (nSPS) is 15.5. The fourth-order valence-corrected chi connectivity index (χ4v) is 4.09. The molecule has 31 heavy (non-hydrogen) atoms. The van der Waals surface area contributed by atoms with Gasteiger partial charge in [0.25, 0.3) is 5.91 Å². The molecule has 1 amide bonds. The van der Waals surface area contributed by atoms with E-state index in [2.05, 4.69) is 27.2 Å². The minimum absolute atomic E-state index is 0.0313. The number of carbonyl (C=O) groups is 1. The van der Waals surface area contributed by atoms with E-state index in [-0.39, 0.29) is 11.9 Å². The van der Waals surface area contributed by atoms with Crippen molar-refractivity contribution < 1.29 is 13.9 Å². The maximum atomic E-state index is 12.6. The number of furan rings is 1. The zero-order chi connectivity index (χ0) is 21.6. The van der Waals surface area contributed by atoms with Crippen LogP contribution in [0.1, 0.15) is 22.2 Å². The fraction of sp³-hybridized carbons (Fsp3) is 0.292. The van der Waals surface area contributed by atoms with Gasteiger partial charge in [0.15, 0.2) is 0 Å².